The van der Waals surface area contributed by atoms with Crippen LogP contribution in [0.1, 0.15) is 66.9 Å². The summed E-state index contributed by atoms with van der Waals surface area (Å²) in [6.07, 6.45) is 4.21. The SMILES string of the molecule is CCCNC(=O)CCc1c(C)nc2cc([C@H]3CCCN3Cc3ccc(F)cc3)nn2c1C. The minimum absolute atomic E-state index is 0.0780. The number of hydrogen-bond donors (Lipinski definition) is 1. The van der Waals surface area contributed by atoms with Crippen molar-refractivity contribution in [2.75, 3.05) is 13.1 Å². The first-order chi connectivity index (χ1) is 15.5. The van der Waals surface area contributed by atoms with Crippen LogP contribution in [-0.4, -0.2) is 38.5 Å². The molecule has 1 fully saturated rings. The molecule has 2 aromatic heterocycles. The van der Waals surface area contributed by atoms with E-state index in [0.717, 1.165) is 66.2 Å². The number of benzene rings is 1. The van der Waals surface area contributed by atoms with Crippen LogP contribution in [0, 0.1) is 19.7 Å². The number of amides is 1. The Hall–Kier alpha value is -2.80. The zero-order chi connectivity index (χ0) is 22.7. The smallest absolute Gasteiger partial charge is 0.220 e. The molecule has 7 heteroatoms. The van der Waals surface area contributed by atoms with Crippen LogP contribution in [0.3, 0.4) is 0 Å². The zero-order valence-electron chi connectivity index (χ0n) is 19.2. The summed E-state index contributed by atoms with van der Waals surface area (Å²) in [5.41, 5.74) is 6.08. The van der Waals surface area contributed by atoms with Gasteiger partial charge in [-0.15, -0.1) is 0 Å². The first-order valence-corrected chi connectivity index (χ1v) is 11.6. The van der Waals surface area contributed by atoms with E-state index >= 15 is 0 Å². The van der Waals surface area contributed by atoms with Crippen LogP contribution in [0.15, 0.2) is 30.3 Å². The molecular formula is C25H32FN5O. The molecule has 6 nitrogen and oxygen atoms in total. The highest BCUT2D eigenvalue weighted by molar-refractivity contribution is 5.76. The van der Waals surface area contributed by atoms with Crippen molar-refractivity contribution in [3.63, 3.8) is 0 Å². The Bertz CT molecular complexity index is 1090. The number of nitrogens with zero attached hydrogens (tertiary/aromatic N) is 4. The van der Waals surface area contributed by atoms with Gasteiger partial charge in [0.05, 0.1) is 11.7 Å². The number of carbonyl (C=O) groups excluding carboxylic acids is 1. The Morgan fingerprint density at radius 2 is 2.03 bits per heavy atom. The fourth-order valence-corrected chi connectivity index (χ4v) is 4.64. The second kappa shape index (κ2) is 9.77. The average molecular weight is 438 g/mol. The van der Waals surface area contributed by atoms with E-state index in [1.165, 1.54) is 12.1 Å². The molecule has 0 bridgehead atoms. The molecule has 1 amide bonds. The van der Waals surface area contributed by atoms with E-state index in [2.05, 4.69) is 23.2 Å². The van der Waals surface area contributed by atoms with Crippen molar-refractivity contribution in [1.82, 2.24) is 24.8 Å². The Balaban J connectivity index is 1.54. The third-order valence-corrected chi connectivity index (χ3v) is 6.36. The standard InChI is InChI=1S/C25H32FN5O/c1-4-13-27-25(32)12-11-21-17(2)28-24-15-22(29-31(24)18(21)3)23-6-5-14-30(23)16-19-7-9-20(26)10-8-19/h7-10,15,23H,4-6,11-14,16H2,1-3H3,(H,27,32)/t23-/m1/s1. The van der Waals surface area contributed by atoms with Gasteiger partial charge in [0.25, 0.3) is 0 Å². The van der Waals surface area contributed by atoms with E-state index in [-0.39, 0.29) is 17.8 Å². The molecule has 4 rings (SSSR count). The number of rotatable bonds is 8. The molecule has 1 aromatic carbocycles. The summed E-state index contributed by atoms with van der Waals surface area (Å²) in [6.45, 7) is 8.61. The molecule has 0 unspecified atom stereocenters. The number of halogens is 1. The maximum atomic E-state index is 13.3. The molecule has 0 radical (unpaired) electrons. The van der Waals surface area contributed by atoms with Crippen LogP contribution in [0.4, 0.5) is 4.39 Å². The molecule has 170 valence electrons. The second-order valence-corrected chi connectivity index (χ2v) is 8.71. The predicted molar refractivity (Wildman–Crippen MR) is 123 cm³/mol. The second-order valence-electron chi connectivity index (χ2n) is 8.71. The summed E-state index contributed by atoms with van der Waals surface area (Å²) < 4.78 is 15.2. The van der Waals surface area contributed by atoms with E-state index in [1.54, 1.807) is 0 Å². The average Bonchev–Trinajstić information content (AvgIpc) is 3.40. The molecule has 32 heavy (non-hydrogen) atoms. The van der Waals surface area contributed by atoms with Gasteiger partial charge >= 0.3 is 0 Å². The maximum absolute atomic E-state index is 13.3. The van der Waals surface area contributed by atoms with E-state index in [4.69, 9.17) is 10.1 Å². The lowest BCUT2D eigenvalue weighted by Crippen LogP contribution is -2.24. The van der Waals surface area contributed by atoms with Crippen LogP contribution in [-0.2, 0) is 17.8 Å². The van der Waals surface area contributed by atoms with Crippen molar-refractivity contribution < 1.29 is 9.18 Å². The van der Waals surface area contributed by atoms with Crippen LogP contribution < -0.4 is 5.32 Å². The zero-order valence-corrected chi connectivity index (χ0v) is 19.2. The lowest BCUT2D eigenvalue weighted by atomic mass is 10.1. The molecule has 0 spiro atoms. The van der Waals surface area contributed by atoms with Crippen LogP contribution in [0.5, 0.6) is 0 Å². The number of aryl methyl sites for hydroxylation is 2. The van der Waals surface area contributed by atoms with Crippen molar-refractivity contribution in [1.29, 1.82) is 0 Å². The Morgan fingerprint density at radius 1 is 1.25 bits per heavy atom. The van der Waals surface area contributed by atoms with Gasteiger partial charge in [0.15, 0.2) is 5.65 Å². The predicted octanol–water partition coefficient (Wildman–Crippen LogP) is 4.28. The molecule has 1 saturated heterocycles. The highest BCUT2D eigenvalue weighted by atomic mass is 19.1. The first-order valence-electron chi connectivity index (χ1n) is 11.6. The molecule has 0 saturated carbocycles. The lowest BCUT2D eigenvalue weighted by Gasteiger charge is -2.23. The molecule has 1 atom stereocenters. The van der Waals surface area contributed by atoms with Gasteiger partial charge in [0, 0.05) is 37.0 Å². The summed E-state index contributed by atoms with van der Waals surface area (Å²) in [5.74, 6) is -0.128. The van der Waals surface area contributed by atoms with Crippen molar-refractivity contribution in [2.24, 2.45) is 0 Å². The number of fused-ring (bicyclic) bond motifs is 1. The lowest BCUT2D eigenvalue weighted by molar-refractivity contribution is -0.121. The first kappa shape index (κ1) is 22.4. The van der Waals surface area contributed by atoms with Gasteiger partial charge < -0.3 is 5.32 Å². The van der Waals surface area contributed by atoms with E-state index in [1.807, 2.05) is 30.5 Å². The van der Waals surface area contributed by atoms with E-state index < -0.39 is 0 Å². The van der Waals surface area contributed by atoms with Crippen molar-refractivity contribution in [3.8, 4) is 0 Å². The van der Waals surface area contributed by atoms with Gasteiger partial charge in [-0.3, -0.25) is 9.69 Å². The quantitative estimate of drug-likeness (QED) is 0.571. The molecule has 1 aliphatic heterocycles. The Kier molecular flexibility index (Phi) is 6.84. The Labute approximate surface area is 188 Å². The monoisotopic (exact) mass is 437 g/mol. The molecule has 1 N–H and O–H groups in total. The largest absolute Gasteiger partial charge is 0.356 e. The number of hydrogen-bond acceptors (Lipinski definition) is 4. The maximum Gasteiger partial charge on any atom is 0.220 e. The number of likely N-dealkylation sites (tertiary alicyclic amines) is 1. The summed E-state index contributed by atoms with van der Waals surface area (Å²) in [7, 11) is 0. The normalized spacial score (nSPS) is 16.7. The highest BCUT2D eigenvalue weighted by Crippen LogP contribution is 2.33. The molecule has 3 heterocycles. The van der Waals surface area contributed by atoms with E-state index in [9.17, 15) is 9.18 Å². The summed E-state index contributed by atoms with van der Waals surface area (Å²) >= 11 is 0. The van der Waals surface area contributed by atoms with Gasteiger partial charge in [0.1, 0.15) is 5.82 Å². The van der Waals surface area contributed by atoms with Gasteiger partial charge in [-0.25, -0.2) is 13.9 Å². The van der Waals surface area contributed by atoms with Crippen molar-refractivity contribution in [2.45, 2.75) is 65.5 Å². The van der Waals surface area contributed by atoms with Crippen molar-refractivity contribution in [3.05, 3.63) is 64.4 Å². The number of nitrogens with one attached hydrogen (secondary N) is 1. The van der Waals surface area contributed by atoms with Gasteiger partial charge in [-0.1, -0.05) is 19.1 Å². The van der Waals surface area contributed by atoms with Gasteiger partial charge in [-0.05, 0) is 69.3 Å². The molecular weight excluding hydrogens is 405 g/mol. The minimum Gasteiger partial charge on any atom is -0.356 e. The summed E-state index contributed by atoms with van der Waals surface area (Å²) in [6, 6.07) is 9.06. The summed E-state index contributed by atoms with van der Waals surface area (Å²) in [4.78, 5) is 19.3. The minimum atomic E-state index is -0.206. The van der Waals surface area contributed by atoms with Gasteiger partial charge in [-0.2, -0.15) is 5.10 Å². The molecule has 3 aromatic rings. The third-order valence-electron chi connectivity index (χ3n) is 6.36. The van der Waals surface area contributed by atoms with Crippen LogP contribution >= 0.6 is 0 Å². The number of aromatic nitrogens is 3. The fraction of sp³-hybridized carbons (Fsp3) is 0.480. The fourth-order valence-electron chi connectivity index (χ4n) is 4.64. The Morgan fingerprint density at radius 3 is 2.78 bits per heavy atom. The van der Waals surface area contributed by atoms with Crippen molar-refractivity contribution >= 4 is 11.6 Å². The van der Waals surface area contributed by atoms with Crippen LogP contribution in [0.25, 0.3) is 5.65 Å². The van der Waals surface area contributed by atoms with E-state index in [0.29, 0.717) is 19.4 Å². The highest BCUT2D eigenvalue weighted by Gasteiger charge is 2.29. The van der Waals surface area contributed by atoms with Gasteiger partial charge in [0.2, 0.25) is 5.91 Å². The molecule has 0 aliphatic carbocycles. The molecule has 1 aliphatic rings. The topological polar surface area (TPSA) is 62.5 Å². The summed E-state index contributed by atoms with van der Waals surface area (Å²) in [5, 5.41) is 7.87. The number of carbonyl (C=O) groups is 1. The third kappa shape index (κ3) is 4.83. The van der Waals surface area contributed by atoms with Crippen LogP contribution in [0.2, 0.25) is 0 Å².